The summed E-state index contributed by atoms with van der Waals surface area (Å²) < 4.78 is 0. The second kappa shape index (κ2) is 3.54. The fourth-order valence-corrected chi connectivity index (χ4v) is 1.76. The first-order chi connectivity index (χ1) is 7.09. The molecule has 6 nitrogen and oxygen atoms in total. The molecule has 0 spiro atoms. The number of amidine groups is 1. The van der Waals surface area contributed by atoms with E-state index in [0.717, 1.165) is 6.42 Å². The van der Waals surface area contributed by atoms with Crippen molar-refractivity contribution in [2.24, 2.45) is 0 Å². The second-order valence-electron chi connectivity index (χ2n) is 3.27. The third kappa shape index (κ3) is 1.68. The summed E-state index contributed by atoms with van der Waals surface area (Å²) in [6.07, 6.45) is 1.45. The highest BCUT2D eigenvalue weighted by Gasteiger charge is 2.22. The molecular weight excluding hydrogens is 220 g/mol. The van der Waals surface area contributed by atoms with Crippen LogP contribution in [0.3, 0.4) is 0 Å². The fraction of sp³-hybridized carbons (Fsp3) is 0.375. The Labute approximate surface area is 89.4 Å². The van der Waals surface area contributed by atoms with Crippen LogP contribution in [0.15, 0.2) is 9.59 Å². The van der Waals surface area contributed by atoms with Crippen LogP contribution in [-0.2, 0) is 0 Å². The van der Waals surface area contributed by atoms with Gasteiger partial charge in [-0.1, -0.05) is 11.6 Å². The number of rotatable bonds is 1. The molecule has 15 heavy (non-hydrogen) atoms. The summed E-state index contributed by atoms with van der Waals surface area (Å²) >= 11 is 5.76. The van der Waals surface area contributed by atoms with E-state index in [1.807, 2.05) is 4.98 Å². The van der Waals surface area contributed by atoms with E-state index in [0.29, 0.717) is 18.8 Å². The Hall–Kier alpha value is -1.56. The van der Waals surface area contributed by atoms with Crippen molar-refractivity contribution in [2.45, 2.75) is 12.8 Å². The third-order valence-electron chi connectivity index (χ3n) is 2.26. The number of aromatic nitrogens is 2. The van der Waals surface area contributed by atoms with Crippen molar-refractivity contribution in [3.8, 4) is 0 Å². The van der Waals surface area contributed by atoms with Crippen LogP contribution >= 0.6 is 11.6 Å². The minimum atomic E-state index is -0.630. The summed E-state index contributed by atoms with van der Waals surface area (Å²) in [6, 6.07) is 0. The summed E-state index contributed by atoms with van der Waals surface area (Å²) in [7, 11) is 0. The van der Waals surface area contributed by atoms with Gasteiger partial charge in [-0.25, -0.2) is 4.79 Å². The van der Waals surface area contributed by atoms with E-state index in [1.165, 1.54) is 0 Å². The molecule has 0 amide bonds. The van der Waals surface area contributed by atoms with Gasteiger partial charge >= 0.3 is 5.69 Å². The van der Waals surface area contributed by atoms with Gasteiger partial charge in [-0.15, -0.1) is 0 Å². The predicted molar refractivity (Wildman–Crippen MR) is 57.0 cm³/mol. The van der Waals surface area contributed by atoms with Gasteiger partial charge in [0.05, 0.1) is 0 Å². The molecule has 1 saturated heterocycles. The Morgan fingerprint density at radius 3 is 2.67 bits per heavy atom. The van der Waals surface area contributed by atoms with Gasteiger partial charge in [0.25, 0.3) is 5.56 Å². The van der Waals surface area contributed by atoms with Crippen LogP contribution in [0.25, 0.3) is 0 Å². The number of anilines is 1. The zero-order valence-electron chi connectivity index (χ0n) is 7.76. The van der Waals surface area contributed by atoms with Crippen LogP contribution in [0.1, 0.15) is 12.8 Å². The highest BCUT2D eigenvalue weighted by Crippen LogP contribution is 2.22. The first kappa shape index (κ1) is 9.97. The molecule has 0 saturated carbocycles. The zero-order valence-corrected chi connectivity index (χ0v) is 8.52. The third-order valence-corrected chi connectivity index (χ3v) is 2.61. The Kier molecular flexibility index (Phi) is 2.36. The van der Waals surface area contributed by atoms with Gasteiger partial charge in [-0.3, -0.25) is 20.2 Å². The van der Waals surface area contributed by atoms with Crippen molar-refractivity contribution in [3.63, 3.8) is 0 Å². The standard InChI is InChI=1S/C8H9ClN4O2/c9-5-6(11-8(15)12-7(5)14)13-3-1-2-4(13)10/h10H,1-3H2,(H2,11,12,14,15). The van der Waals surface area contributed by atoms with Crippen molar-refractivity contribution in [3.05, 3.63) is 25.9 Å². The lowest BCUT2D eigenvalue weighted by atomic mass is 10.4. The van der Waals surface area contributed by atoms with Crippen molar-refractivity contribution in [2.75, 3.05) is 11.4 Å². The Morgan fingerprint density at radius 2 is 2.07 bits per heavy atom. The summed E-state index contributed by atoms with van der Waals surface area (Å²) in [5.41, 5.74) is -1.24. The number of nitrogens with zero attached hydrogens (tertiary/aromatic N) is 1. The Morgan fingerprint density at radius 1 is 1.33 bits per heavy atom. The van der Waals surface area contributed by atoms with Crippen molar-refractivity contribution in [1.82, 2.24) is 9.97 Å². The van der Waals surface area contributed by atoms with Crippen LogP contribution in [0.2, 0.25) is 5.02 Å². The lowest BCUT2D eigenvalue weighted by Crippen LogP contribution is -2.31. The lowest BCUT2D eigenvalue weighted by molar-refractivity contribution is 0.926. The molecule has 0 radical (unpaired) electrons. The van der Waals surface area contributed by atoms with Gasteiger partial charge in [-0.05, 0) is 6.42 Å². The first-order valence-electron chi connectivity index (χ1n) is 4.46. The van der Waals surface area contributed by atoms with Crippen molar-refractivity contribution in [1.29, 1.82) is 5.41 Å². The van der Waals surface area contributed by atoms with Crippen LogP contribution < -0.4 is 16.1 Å². The second-order valence-corrected chi connectivity index (χ2v) is 3.65. The summed E-state index contributed by atoms with van der Waals surface area (Å²) in [5, 5.41) is 7.53. The average molecular weight is 229 g/mol. The van der Waals surface area contributed by atoms with E-state index in [9.17, 15) is 9.59 Å². The molecule has 1 aliphatic heterocycles. The number of hydrogen-bond acceptors (Lipinski definition) is 3. The van der Waals surface area contributed by atoms with Gasteiger partial charge in [-0.2, -0.15) is 0 Å². The first-order valence-corrected chi connectivity index (χ1v) is 4.84. The van der Waals surface area contributed by atoms with Gasteiger partial charge in [0.15, 0.2) is 0 Å². The van der Waals surface area contributed by atoms with Crippen LogP contribution in [0.5, 0.6) is 0 Å². The average Bonchev–Trinajstić information content (AvgIpc) is 2.58. The van der Waals surface area contributed by atoms with Crippen molar-refractivity contribution >= 4 is 23.3 Å². The maximum Gasteiger partial charge on any atom is 0.327 e. The molecule has 0 unspecified atom stereocenters. The zero-order chi connectivity index (χ0) is 11.0. The maximum absolute atomic E-state index is 11.2. The van der Waals surface area contributed by atoms with E-state index in [-0.39, 0.29) is 10.8 Å². The van der Waals surface area contributed by atoms with E-state index in [4.69, 9.17) is 17.0 Å². The summed E-state index contributed by atoms with van der Waals surface area (Å²) in [5.74, 6) is 0.575. The van der Waals surface area contributed by atoms with Crippen LogP contribution in [0.4, 0.5) is 5.82 Å². The normalized spacial score (nSPS) is 16.1. The van der Waals surface area contributed by atoms with Gasteiger partial charge < -0.3 is 4.90 Å². The molecule has 2 heterocycles. The molecule has 0 aromatic carbocycles. The highest BCUT2D eigenvalue weighted by molar-refractivity contribution is 6.33. The minimum Gasteiger partial charge on any atom is -0.315 e. The molecule has 2 rings (SSSR count). The molecular formula is C8H9ClN4O2. The number of halogens is 1. The topological polar surface area (TPSA) is 92.8 Å². The number of nitrogens with one attached hydrogen (secondary N) is 3. The minimum absolute atomic E-state index is 0.0822. The van der Waals surface area contributed by atoms with Gasteiger partial charge in [0, 0.05) is 13.0 Å². The van der Waals surface area contributed by atoms with Crippen LogP contribution in [0, 0.1) is 5.41 Å². The van der Waals surface area contributed by atoms with Gasteiger partial charge in [0.2, 0.25) is 0 Å². The van der Waals surface area contributed by atoms with E-state index < -0.39 is 11.2 Å². The molecule has 1 aliphatic rings. The number of hydrogen-bond donors (Lipinski definition) is 3. The molecule has 1 aromatic heterocycles. The molecule has 7 heteroatoms. The molecule has 80 valence electrons. The van der Waals surface area contributed by atoms with E-state index in [1.54, 1.807) is 4.90 Å². The van der Waals surface area contributed by atoms with E-state index >= 15 is 0 Å². The molecule has 1 fully saturated rings. The van der Waals surface area contributed by atoms with Crippen LogP contribution in [-0.4, -0.2) is 22.3 Å². The monoisotopic (exact) mass is 228 g/mol. The Balaban J connectivity index is 2.57. The maximum atomic E-state index is 11.2. The van der Waals surface area contributed by atoms with E-state index in [2.05, 4.69) is 4.98 Å². The molecule has 0 aliphatic carbocycles. The summed E-state index contributed by atoms with van der Waals surface area (Å²) in [6.45, 7) is 0.595. The Bertz CT molecular complexity index is 518. The smallest absolute Gasteiger partial charge is 0.315 e. The quantitative estimate of drug-likeness (QED) is 0.645. The predicted octanol–water partition coefficient (Wildman–Crippen LogP) is 0.294. The molecule has 0 bridgehead atoms. The lowest BCUT2D eigenvalue weighted by Gasteiger charge is -2.17. The van der Waals surface area contributed by atoms with Crippen molar-refractivity contribution < 1.29 is 0 Å². The molecule has 3 N–H and O–H groups in total. The SMILES string of the molecule is N=C1CCCN1c1[nH]c(=O)[nH]c(=O)c1Cl. The largest absolute Gasteiger partial charge is 0.327 e. The number of aromatic amines is 2. The number of H-pyrrole nitrogens is 2. The molecule has 0 atom stereocenters. The summed E-state index contributed by atoms with van der Waals surface area (Å²) in [4.78, 5) is 28.3. The fourth-order valence-electron chi connectivity index (χ4n) is 1.57. The highest BCUT2D eigenvalue weighted by atomic mass is 35.5. The van der Waals surface area contributed by atoms with Gasteiger partial charge in [0.1, 0.15) is 16.7 Å². The molecule has 1 aromatic rings.